The van der Waals surface area contributed by atoms with E-state index in [1.165, 1.54) is 5.56 Å². The normalized spacial score (nSPS) is 15.7. The van der Waals surface area contributed by atoms with Crippen molar-refractivity contribution in [1.29, 1.82) is 0 Å². The third kappa shape index (κ3) is 2.73. The molecule has 1 aliphatic rings. The predicted molar refractivity (Wildman–Crippen MR) is 61.1 cm³/mol. The molecule has 0 spiro atoms. The molecule has 0 saturated carbocycles. The van der Waals surface area contributed by atoms with E-state index in [-0.39, 0.29) is 12.1 Å². The lowest BCUT2D eigenvalue weighted by Gasteiger charge is -2.35. The molecule has 4 nitrogen and oxygen atoms in total. The van der Waals surface area contributed by atoms with E-state index in [0.29, 0.717) is 19.6 Å². The molecule has 1 heterocycles. The number of carbonyl (C=O) groups excluding carboxylic acids is 1. The van der Waals surface area contributed by atoms with Crippen molar-refractivity contribution in [3.63, 3.8) is 0 Å². The van der Waals surface area contributed by atoms with Crippen LogP contribution >= 0.6 is 0 Å². The van der Waals surface area contributed by atoms with Gasteiger partial charge in [0.15, 0.2) is 0 Å². The molecule has 2 amide bonds. The standard InChI is InChI=1S/C12H16N2O2/c15-11-8-14(9-11)12(16)13-7-6-10-4-2-1-3-5-10/h1-5,11,15H,6-9H2,(H,13,16). The van der Waals surface area contributed by atoms with Crippen LogP contribution < -0.4 is 5.32 Å². The van der Waals surface area contributed by atoms with Crippen LogP contribution in [-0.4, -0.2) is 41.8 Å². The summed E-state index contributed by atoms with van der Waals surface area (Å²) < 4.78 is 0. The van der Waals surface area contributed by atoms with Gasteiger partial charge in [-0.3, -0.25) is 0 Å². The average Bonchev–Trinajstić information content (AvgIpc) is 2.26. The molecule has 0 atom stereocenters. The zero-order chi connectivity index (χ0) is 11.4. The molecule has 1 saturated heterocycles. The number of aliphatic hydroxyl groups is 1. The van der Waals surface area contributed by atoms with E-state index in [4.69, 9.17) is 5.11 Å². The zero-order valence-corrected chi connectivity index (χ0v) is 9.10. The van der Waals surface area contributed by atoms with Gasteiger partial charge in [0.2, 0.25) is 0 Å². The van der Waals surface area contributed by atoms with Crippen LogP contribution in [0.3, 0.4) is 0 Å². The largest absolute Gasteiger partial charge is 0.389 e. The molecule has 2 N–H and O–H groups in total. The number of hydrogen-bond acceptors (Lipinski definition) is 2. The summed E-state index contributed by atoms with van der Waals surface area (Å²) in [6.07, 6.45) is 0.503. The fraction of sp³-hybridized carbons (Fsp3) is 0.417. The minimum atomic E-state index is -0.333. The first-order valence-electron chi connectivity index (χ1n) is 5.50. The second kappa shape index (κ2) is 4.99. The van der Waals surface area contributed by atoms with Crippen molar-refractivity contribution in [2.24, 2.45) is 0 Å². The summed E-state index contributed by atoms with van der Waals surface area (Å²) in [5, 5.41) is 11.9. The molecule has 1 aromatic carbocycles. The number of rotatable bonds is 3. The highest BCUT2D eigenvalue weighted by Crippen LogP contribution is 2.06. The number of urea groups is 1. The van der Waals surface area contributed by atoms with Crippen LogP contribution in [0.4, 0.5) is 4.79 Å². The zero-order valence-electron chi connectivity index (χ0n) is 9.10. The summed E-state index contributed by atoms with van der Waals surface area (Å²) in [5.41, 5.74) is 1.21. The number of hydrogen-bond donors (Lipinski definition) is 2. The lowest BCUT2D eigenvalue weighted by molar-refractivity contribution is 0.0267. The van der Waals surface area contributed by atoms with Crippen LogP contribution in [0.1, 0.15) is 5.56 Å². The average molecular weight is 220 g/mol. The van der Waals surface area contributed by atoms with Gasteiger partial charge in [0.25, 0.3) is 0 Å². The first-order chi connectivity index (χ1) is 7.75. The van der Waals surface area contributed by atoms with Crippen LogP contribution in [-0.2, 0) is 6.42 Å². The van der Waals surface area contributed by atoms with Crippen molar-refractivity contribution in [3.8, 4) is 0 Å². The van der Waals surface area contributed by atoms with Crippen molar-refractivity contribution < 1.29 is 9.90 Å². The van der Waals surface area contributed by atoms with Gasteiger partial charge in [-0.25, -0.2) is 4.79 Å². The van der Waals surface area contributed by atoms with E-state index in [1.807, 2.05) is 30.3 Å². The van der Waals surface area contributed by atoms with Gasteiger partial charge in [0.05, 0.1) is 19.2 Å². The van der Waals surface area contributed by atoms with Gasteiger partial charge in [-0.15, -0.1) is 0 Å². The van der Waals surface area contributed by atoms with Gasteiger partial charge in [-0.2, -0.15) is 0 Å². The maximum Gasteiger partial charge on any atom is 0.317 e. The number of benzene rings is 1. The molecular weight excluding hydrogens is 204 g/mol. The maximum absolute atomic E-state index is 11.5. The molecule has 16 heavy (non-hydrogen) atoms. The number of nitrogens with zero attached hydrogens (tertiary/aromatic N) is 1. The highest BCUT2D eigenvalue weighted by molar-refractivity contribution is 5.75. The van der Waals surface area contributed by atoms with E-state index in [0.717, 1.165) is 6.42 Å². The van der Waals surface area contributed by atoms with Gasteiger partial charge < -0.3 is 15.3 Å². The van der Waals surface area contributed by atoms with E-state index < -0.39 is 0 Å². The minimum absolute atomic E-state index is 0.0822. The Hall–Kier alpha value is -1.55. The molecule has 2 rings (SSSR count). The van der Waals surface area contributed by atoms with Crippen LogP contribution in [0.25, 0.3) is 0 Å². The van der Waals surface area contributed by atoms with Crippen LogP contribution in [0.5, 0.6) is 0 Å². The monoisotopic (exact) mass is 220 g/mol. The van der Waals surface area contributed by atoms with Crippen molar-refractivity contribution in [2.45, 2.75) is 12.5 Å². The third-order valence-electron chi connectivity index (χ3n) is 2.68. The number of β-amino-alcohol motifs (C(OH)–C–C–N with tert-alkyl or cyclic N) is 1. The van der Waals surface area contributed by atoms with Crippen LogP contribution in [0.15, 0.2) is 30.3 Å². The first kappa shape index (κ1) is 11.0. The second-order valence-electron chi connectivity index (χ2n) is 4.03. The number of aliphatic hydroxyl groups excluding tert-OH is 1. The smallest absolute Gasteiger partial charge is 0.317 e. The first-order valence-corrected chi connectivity index (χ1v) is 5.50. The summed E-state index contributed by atoms with van der Waals surface area (Å²) in [5.74, 6) is 0. The fourth-order valence-electron chi connectivity index (χ4n) is 1.69. The predicted octanol–water partition coefficient (Wildman–Crippen LogP) is 0.615. The van der Waals surface area contributed by atoms with E-state index >= 15 is 0 Å². The Kier molecular flexibility index (Phi) is 3.41. The molecule has 0 radical (unpaired) electrons. The van der Waals surface area contributed by atoms with Gasteiger partial charge in [-0.1, -0.05) is 30.3 Å². The molecule has 1 aromatic rings. The number of amides is 2. The third-order valence-corrected chi connectivity index (χ3v) is 2.68. The molecule has 0 bridgehead atoms. The van der Waals surface area contributed by atoms with Crippen LogP contribution in [0, 0.1) is 0 Å². The molecule has 1 fully saturated rings. The maximum atomic E-state index is 11.5. The molecule has 86 valence electrons. The Bertz CT molecular complexity index is 347. The summed E-state index contributed by atoms with van der Waals surface area (Å²) in [4.78, 5) is 13.1. The van der Waals surface area contributed by atoms with Crippen molar-refractivity contribution in [2.75, 3.05) is 19.6 Å². The highest BCUT2D eigenvalue weighted by atomic mass is 16.3. The molecule has 0 unspecified atom stereocenters. The topological polar surface area (TPSA) is 52.6 Å². The van der Waals surface area contributed by atoms with Crippen LogP contribution in [0.2, 0.25) is 0 Å². The molecule has 0 aromatic heterocycles. The number of nitrogens with one attached hydrogen (secondary N) is 1. The SMILES string of the molecule is O=C(NCCc1ccccc1)N1CC(O)C1. The van der Waals surface area contributed by atoms with Gasteiger partial charge in [0, 0.05) is 6.54 Å². The van der Waals surface area contributed by atoms with Gasteiger partial charge in [0.1, 0.15) is 0 Å². The fourth-order valence-corrected chi connectivity index (χ4v) is 1.69. The highest BCUT2D eigenvalue weighted by Gasteiger charge is 2.28. The lowest BCUT2D eigenvalue weighted by atomic mass is 10.1. The quantitative estimate of drug-likeness (QED) is 0.784. The second-order valence-corrected chi connectivity index (χ2v) is 4.03. The summed E-state index contributed by atoms with van der Waals surface area (Å²) >= 11 is 0. The van der Waals surface area contributed by atoms with E-state index in [2.05, 4.69) is 5.32 Å². The summed E-state index contributed by atoms with van der Waals surface area (Å²) in [6.45, 7) is 1.55. The molecule has 1 aliphatic heterocycles. The lowest BCUT2D eigenvalue weighted by Crippen LogP contribution is -2.56. The van der Waals surface area contributed by atoms with Crippen molar-refractivity contribution in [1.82, 2.24) is 10.2 Å². The van der Waals surface area contributed by atoms with E-state index in [9.17, 15) is 4.79 Å². The van der Waals surface area contributed by atoms with E-state index in [1.54, 1.807) is 4.90 Å². The summed E-state index contributed by atoms with van der Waals surface area (Å²) in [6, 6.07) is 9.95. The Labute approximate surface area is 94.9 Å². The van der Waals surface area contributed by atoms with Gasteiger partial charge >= 0.3 is 6.03 Å². The minimum Gasteiger partial charge on any atom is -0.389 e. The Morgan fingerprint density at radius 3 is 2.69 bits per heavy atom. The van der Waals surface area contributed by atoms with Crippen molar-refractivity contribution >= 4 is 6.03 Å². The Morgan fingerprint density at radius 1 is 1.38 bits per heavy atom. The Balaban J connectivity index is 1.67. The number of likely N-dealkylation sites (tertiary alicyclic amines) is 1. The molecular formula is C12H16N2O2. The Morgan fingerprint density at radius 2 is 2.06 bits per heavy atom. The molecule has 0 aliphatic carbocycles. The summed E-state index contributed by atoms with van der Waals surface area (Å²) in [7, 11) is 0. The number of carbonyl (C=O) groups is 1. The molecule has 4 heteroatoms. The van der Waals surface area contributed by atoms with Crippen molar-refractivity contribution in [3.05, 3.63) is 35.9 Å². The van der Waals surface area contributed by atoms with Gasteiger partial charge in [-0.05, 0) is 12.0 Å².